The zero-order valence-corrected chi connectivity index (χ0v) is 14.4. The van der Waals surface area contributed by atoms with E-state index < -0.39 is 11.2 Å². The van der Waals surface area contributed by atoms with Gasteiger partial charge in [-0.05, 0) is 45.8 Å². The van der Waals surface area contributed by atoms with Crippen LogP contribution in [-0.2, 0) is 0 Å². The van der Waals surface area contributed by atoms with Crippen LogP contribution in [-0.4, -0.2) is 14.2 Å². The maximum Gasteiger partial charge on any atom is 0.161 e. The van der Waals surface area contributed by atoms with Crippen LogP contribution in [0.3, 0.4) is 0 Å². The molecule has 0 spiro atoms. The third-order valence-electron chi connectivity index (χ3n) is 3.01. The van der Waals surface area contributed by atoms with Crippen molar-refractivity contribution in [2.24, 2.45) is 0 Å². The van der Waals surface area contributed by atoms with Crippen molar-refractivity contribution in [1.82, 2.24) is 0 Å². The maximum absolute atomic E-state index is 14.1. The Labute approximate surface area is 140 Å². The van der Waals surface area contributed by atoms with E-state index in [4.69, 9.17) is 32.7 Å². The van der Waals surface area contributed by atoms with Gasteiger partial charge in [-0.2, -0.15) is 0 Å². The minimum atomic E-state index is -0.685. The monoisotopic (exact) mass is 392 g/mol. The Morgan fingerprint density at radius 2 is 1.76 bits per heavy atom. The minimum Gasteiger partial charge on any atom is -0.493 e. The summed E-state index contributed by atoms with van der Waals surface area (Å²) in [5.41, 5.74) is 0.990. The van der Waals surface area contributed by atoms with Crippen LogP contribution in [0.4, 0.5) is 4.39 Å². The Morgan fingerprint density at radius 1 is 1.10 bits per heavy atom. The molecule has 0 fully saturated rings. The Balaban J connectivity index is 2.45. The molecule has 2 aromatic carbocycles. The van der Waals surface area contributed by atoms with E-state index in [9.17, 15) is 4.39 Å². The number of alkyl halides is 1. The van der Waals surface area contributed by atoms with Crippen LogP contribution in [0, 0.1) is 5.82 Å². The molecule has 112 valence electrons. The van der Waals surface area contributed by atoms with Crippen molar-refractivity contribution in [1.29, 1.82) is 0 Å². The minimum absolute atomic E-state index is 0.303. The predicted octanol–water partition coefficient (Wildman–Crippen LogP) is 5.59. The Bertz CT molecular complexity index is 664. The lowest BCUT2D eigenvalue weighted by Gasteiger charge is -2.15. The average molecular weight is 394 g/mol. The van der Waals surface area contributed by atoms with Crippen LogP contribution in [0.5, 0.6) is 11.5 Å². The summed E-state index contributed by atoms with van der Waals surface area (Å²) in [6.07, 6.45) is 0. The van der Waals surface area contributed by atoms with Gasteiger partial charge in [-0.25, -0.2) is 4.39 Å². The van der Waals surface area contributed by atoms with E-state index in [0.29, 0.717) is 32.1 Å². The van der Waals surface area contributed by atoms with Crippen molar-refractivity contribution in [3.63, 3.8) is 0 Å². The fourth-order valence-corrected chi connectivity index (χ4v) is 2.71. The van der Waals surface area contributed by atoms with Crippen molar-refractivity contribution in [3.05, 3.63) is 56.8 Å². The van der Waals surface area contributed by atoms with Crippen LogP contribution < -0.4 is 9.47 Å². The molecular formula is C15H12BrCl2FO2. The van der Waals surface area contributed by atoms with Gasteiger partial charge in [0.15, 0.2) is 11.5 Å². The van der Waals surface area contributed by atoms with Crippen LogP contribution in [0.25, 0.3) is 0 Å². The van der Waals surface area contributed by atoms with Gasteiger partial charge in [-0.15, -0.1) is 11.6 Å². The van der Waals surface area contributed by atoms with Gasteiger partial charge in [0.1, 0.15) is 5.82 Å². The average Bonchev–Trinajstić information content (AvgIpc) is 2.49. The van der Waals surface area contributed by atoms with Gasteiger partial charge in [0.05, 0.1) is 24.6 Å². The van der Waals surface area contributed by atoms with Crippen molar-refractivity contribution < 1.29 is 13.9 Å². The summed E-state index contributed by atoms with van der Waals surface area (Å²) in [6.45, 7) is 0. The second kappa shape index (κ2) is 6.86. The molecule has 21 heavy (non-hydrogen) atoms. The molecule has 2 nitrogen and oxygen atoms in total. The van der Waals surface area contributed by atoms with Gasteiger partial charge in [0, 0.05) is 10.0 Å². The Hall–Kier alpha value is -0.970. The first-order chi connectivity index (χ1) is 9.97. The molecule has 0 aliphatic rings. The van der Waals surface area contributed by atoms with E-state index in [1.165, 1.54) is 19.2 Å². The van der Waals surface area contributed by atoms with E-state index in [-0.39, 0.29) is 0 Å². The van der Waals surface area contributed by atoms with Crippen LogP contribution >= 0.6 is 39.1 Å². The number of benzene rings is 2. The molecule has 0 N–H and O–H groups in total. The molecule has 0 bridgehead atoms. The molecule has 0 aliphatic carbocycles. The highest BCUT2D eigenvalue weighted by Crippen LogP contribution is 2.38. The van der Waals surface area contributed by atoms with E-state index in [2.05, 4.69) is 15.9 Å². The summed E-state index contributed by atoms with van der Waals surface area (Å²) in [5.74, 6) is 0.685. The van der Waals surface area contributed by atoms with Gasteiger partial charge in [0.2, 0.25) is 0 Å². The van der Waals surface area contributed by atoms with E-state index >= 15 is 0 Å². The van der Waals surface area contributed by atoms with E-state index in [1.807, 2.05) is 0 Å². The zero-order valence-electron chi connectivity index (χ0n) is 11.3. The number of halogens is 4. The highest BCUT2D eigenvalue weighted by molar-refractivity contribution is 9.10. The molecule has 2 aromatic rings. The number of hydrogen-bond acceptors (Lipinski definition) is 2. The summed E-state index contributed by atoms with van der Waals surface area (Å²) in [6, 6.07) is 8.01. The van der Waals surface area contributed by atoms with Gasteiger partial charge in [-0.3, -0.25) is 0 Å². The lowest BCUT2D eigenvalue weighted by Crippen LogP contribution is -1.99. The fraction of sp³-hybridized carbons (Fsp3) is 0.200. The van der Waals surface area contributed by atoms with Crippen molar-refractivity contribution in [2.75, 3.05) is 14.2 Å². The molecule has 2 rings (SSSR count). The number of methoxy groups -OCH3 is 2. The molecule has 0 aromatic heterocycles. The first-order valence-electron chi connectivity index (χ1n) is 5.98. The van der Waals surface area contributed by atoms with Crippen molar-refractivity contribution in [3.8, 4) is 11.5 Å². The van der Waals surface area contributed by atoms with Gasteiger partial charge in [0.25, 0.3) is 0 Å². The lowest BCUT2D eigenvalue weighted by atomic mass is 10.0. The third-order valence-corrected chi connectivity index (χ3v) is 4.70. The molecule has 0 radical (unpaired) electrons. The maximum atomic E-state index is 14.1. The quantitative estimate of drug-likeness (QED) is 0.498. The number of ether oxygens (including phenoxy) is 2. The molecule has 0 amide bonds. The molecule has 1 atom stereocenters. The summed E-state index contributed by atoms with van der Waals surface area (Å²) in [5, 5.41) is -0.284. The zero-order chi connectivity index (χ0) is 15.6. The van der Waals surface area contributed by atoms with Gasteiger partial charge in [-0.1, -0.05) is 17.7 Å². The van der Waals surface area contributed by atoms with E-state index in [0.717, 1.165) is 0 Å². The Kier molecular flexibility index (Phi) is 5.36. The van der Waals surface area contributed by atoms with Gasteiger partial charge < -0.3 is 9.47 Å². The highest BCUT2D eigenvalue weighted by atomic mass is 79.9. The lowest BCUT2D eigenvalue weighted by molar-refractivity contribution is 0.354. The van der Waals surface area contributed by atoms with E-state index in [1.54, 1.807) is 25.3 Å². The normalized spacial score (nSPS) is 12.1. The number of rotatable bonds is 4. The molecule has 0 heterocycles. The fourth-order valence-electron chi connectivity index (χ4n) is 1.92. The topological polar surface area (TPSA) is 18.5 Å². The summed E-state index contributed by atoms with van der Waals surface area (Å²) >= 11 is 15.6. The first kappa shape index (κ1) is 16.4. The van der Waals surface area contributed by atoms with Crippen LogP contribution in [0.2, 0.25) is 5.02 Å². The third kappa shape index (κ3) is 3.44. The van der Waals surface area contributed by atoms with Crippen LogP contribution in [0.15, 0.2) is 34.8 Å². The molecule has 0 saturated heterocycles. The molecule has 0 aliphatic heterocycles. The highest BCUT2D eigenvalue weighted by Gasteiger charge is 2.19. The summed E-state index contributed by atoms with van der Waals surface area (Å²) in [7, 11) is 3.08. The smallest absolute Gasteiger partial charge is 0.161 e. The SMILES string of the molecule is COc1ccc(C(Cl)c2cc(Cl)c(Br)cc2F)cc1OC. The van der Waals surface area contributed by atoms with Crippen molar-refractivity contribution >= 4 is 39.1 Å². The van der Waals surface area contributed by atoms with Crippen LogP contribution in [0.1, 0.15) is 16.5 Å². The molecular weight excluding hydrogens is 382 g/mol. The summed E-state index contributed by atoms with van der Waals surface area (Å²) in [4.78, 5) is 0. The van der Waals surface area contributed by atoms with Gasteiger partial charge >= 0.3 is 0 Å². The number of hydrogen-bond donors (Lipinski definition) is 0. The molecule has 6 heteroatoms. The summed E-state index contributed by atoms with van der Waals surface area (Å²) < 4.78 is 24.9. The largest absolute Gasteiger partial charge is 0.493 e. The predicted molar refractivity (Wildman–Crippen MR) is 86.4 cm³/mol. The molecule has 0 saturated carbocycles. The Morgan fingerprint density at radius 3 is 2.38 bits per heavy atom. The first-order valence-corrected chi connectivity index (χ1v) is 7.59. The van der Waals surface area contributed by atoms with Crippen molar-refractivity contribution in [2.45, 2.75) is 5.38 Å². The second-order valence-electron chi connectivity index (χ2n) is 4.26. The second-order valence-corrected chi connectivity index (χ2v) is 5.96. The molecule has 1 unspecified atom stereocenters. The standard InChI is InChI=1S/C15H12BrCl2FO2/c1-20-13-4-3-8(5-14(13)21-2)15(18)9-6-11(17)10(16)7-12(9)19/h3-7,15H,1-2H3.